The first-order valence-electron chi connectivity index (χ1n) is 6.54. The number of H-pyrrole nitrogens is 1. The first-order chi connectivity index (χ1) is 9.80. The second kappa shape index (κ2) is 6.16. The van der Waals surface area contributed by atoms with Crippen molar-refractivity contribution in [2.45, 2.75) is 24.0 Å². The molecule has 1 aliphatic heterocycles. The number of aromatic nitrogens is 1. The Morgan fingerprint density at radius 1 is 1.57 bits per heavy atom. The average Bonchev–Trinajstić information content (AvgIpc) is 2.76. The van der Waals surface area contributed by atoms with Gasteiger partial charge in [0, 0.05) is 25.3 Å². The van der Waals surface area contributed by atoms with Crippen molar-refractivity contribution in [3.8, 4) is 0 Å². The third-order valence-electron chi connectivity index (χ3n) is 3.40. The van der Waals surface area contributed by atoms with Crippen LogP contribution in [0, 0.1) is 12.8 Å². The fraction of sp³-hybridized carbons (Fsp3) is 0.636. The van der Waals surface area contributed by atoms with Crippen LogP contribution in [0.2, 0.25) is 0 Å². The molecule has 21 heavy (non-hydrogen) atoms. The molecule has 1 aromatic rings. The average molecular weight is 334 g/mol. The van der Waals surface area contributed by atoms with E-state index in [0.717, 1.165) is 6.42 Å². The number of nitrogens with two attached hydrogens (primary N) is 1. The van der Waals surface area contributed by atoms with E-state index < -0.39 is 16.1 Å². The fourth-order valence-corrected chi connectivity index (χ4v) is 5.40. The summed E-state index contributed by atoms with van der Waals surface area (Å²) in [6, 6.07) is -0.616. The summed E-state index contributed by atoms with van der Waals surface area (Å²) in [6.07, 6.45) is 1.54. The Balaban J connectivity index is 2.15. The minimum Gasteiger partial charge on any atom is -0.352 e. The number of urea groups is 1. The Kier molecular flexibility index (Phi) is 4.69. The number of rotatable bonds is 4. The molecule has 1 aromatic heterocycles. The molecule has 0 spiro atoms. The molecule has 8 nitrogen and oxygen atoms in total. The lowest BCUT2D eigenvalue weighted by Crippen LogP contribution is -2.44. The Bertz CT molecular complexity index is 679. The van der Waals surface area contributed by atoms with Gasteiger partial charge in [-0.1, -0.05) is 11.3 Å². The first-order valence-corrected chi connectivity index (χ1v) is 8.79. The number of primary amides is 1. The summed E-state index contributed by atoms with van der Waals surface area (Å²) < 4.78 is 26.6. The number of nitrogens with zero attached hydrogens (tertiary/aromatic N) is 1. The van der Waals surface area contributed by atoms with Crippen molar-refractivity contribution in [2.24, 2.45) is 11.7 Å². The molecule has 1 saturated heterocycles. The molecular weight excluding hydrogens is 316 g/mol. The van der Waals surface area contributed by atoms with E-state index in [4.69, 9.17) is 5.73 Å². The molecule has 0 bridgehead atoms. The number of carbonyl (C=O) groups excluding carboxylic acids is 1. The zero-order chi connectivity index (χ0) is 15.6. The second-order valence-electron chi connectivity index (χ2n) is 5.04. The largest absolute Gasteiger partial charge is 0.352 e. The third-order valence-corrected chi connectivity index (χ3v) is 6.85. The summed E-state index contributed by atoms with van der Waals surface area (Å²) in [5.74, 6) is 0.0250. The molecule has 1 aliphatic rings. The molecule has 1 fully saturated rings. The number of aromatic amines is 1. The van der Waals surface area contributed by atoms with Crippen molar-refractivity contribution in [3.63, 3.8) is 0 Å². The number of piperidine rings is 1. The third kappa shape index (κ3) is 3.63. The SMILES string of the molecule is Cc1[nH]c(=O)sc1S(=O)(=O)N1CCCC(CNC(N)=O)C1. The Morgan fingerprint density at radius 2 is 2.29 bits per heavy atom. The molecule has 1 atom stereocenters. The van der Waals surface area contributed by atoms with Crippen molar-refractivity contribution in [1.82, 2.24) is 14.6 Å². The molecule has 2 amide bonds. The maximum absolute atomic E-state index is 12.6. The van der Waals surface area contributed by atoms with Gasteiger partial charge in [0.15, 0.2) is 4.21 Å². The molecular formula is C11H18N4O4S2. The van der Waals surface area contributed by atoms with Gasteiger partial charge in [-0.05, 0) is 25.7 Å². The van der Waals surface area contributed by atoms with Crippen molar-refractivity contribution in [1.29, 1.82) is 0 Å². The monoisotopic (exact) mass is 334 g/mol. The maximum atomic E-state index is 12.6. The number of carbonyl (C=O) groups is 1. The summed E-state index contributed by atoms with van der Waals surface area (Å²) >= 11 is 0.704. The van der Waals surface area contributed by atoms with Crippen LogP contribution in [0.5, 0.6) is 0 Å². The number of nitrogens with one attached hydrogen (secondary N) is 2. The lowest BCUT2D eigenvalue weighted by molar-refractivity contribution is 0.236. The molecule has 0 saturated carbocycles. The zero-order valence-corrected chi connectivity index (χ0v) is 13.2. The highest BCUT2D eigenvalue weighted by atomic mass is 32.2. The van der Waals surface area contributed by atoms with Crippen LogP contribution in [0.4, 0.5) is 4.79 Å². The van der Waals surface area contributed by atoms with E-state index >= 15 is 0 Å². The summed E-state index contributed by atoms with van der Waals surface area (Å²) in [6.45, 7) is 2.65. The number of hydrogen-bond donors (Lipinski definition) is 3. The van der Waals surface area contributed by atoms with Crippen molar-refractivity contribution in [3.05, 3.63) is 15.4 Å². The van der Waals surface area contributed by atoms with Gasteiger partial charge in [-0.3, -0.25) is 4.79 Å². The standard InChI is InChI=1S/C11H18N4O4S2/c1-7-9(20-11(17)14-7)21(18,19)15-4-2-3-8(6-15)5-13-10(12)16/h8H,2-6H2,1H3,(H,14,17)(H3,12,13,16). The minimum absolute atomic E-state index is 0.0250. The van der Waals surface area contributed by atoms with Crippen LogP contribution in [0.3, 0.4) is 0 Å². The summed E-state index contributed by atoms with van der Waals surface area (Å²) in [7, 11) is -3.67. The lowest BCUT2D eigenvalue weighted by atomic mass is 10.00. The highest BCUT2D eigenvalue weighted by molar-refractivity contribution is 7.91. The van der Waals surface area contributed by atoms with E-state index in [1.165, 1.54) is 4.31 Å². The maximum Gasteiger partial charge on any atom is 0.312 e. The predicted octanol–water partition coefficient (Wildman–Crippen LogP) is -0.186. The number of sulfonamides is 1. The van der Waals surface area contributed by atoms with E-state index in [2.05, 4.69) is 10.3 Å². The van der Waals surface area contributed by atoms with E-state index in [1.807, 2.05) is 0 Å². The Labute approximate surface area is 126 Å². The van der Waals surface area contributed by atoms with Crippen LogP contribution in [0.15, 0.2) is 9.00 Å². The van der Waals surface area contributed by atoms with Gasteiger partial charge in [0.2, 0.25) is 0 Å². The highest BCUT2D eigenvalue weighted by Crippen LogP contribution is 2.26. The molecule has 2 rings (SSSR count). The van der Waals surface area contributed by atoms with Crippen LogP contribution < -0.4 is 15.9 Å². The Hall–Kier alpha value is -1.39. The van der Waals surface area contributed by atoms with E-state index in [0.29, 0.717) is 43.1 Å². The van der Waals surface area contributed by atoms with Gasteiger partial charge < -0.3 is 16.0 Å². The predicted molar refractivity (Wildman–Crippen MR) is 78.7 cm³/mol. The van der Waals surface area contributed by atoms with Gasteiger partial charge in [0.25, 0.3) is 10.0 Å². The van der Waals surface area contributed by atoms with Gasteiger partial charge in [-0.25, -0.2) is 13.2 Å². The quantitative estimate of drug-likeness (QED) is 0.706. The van der Waals surface area contributed by atoms with Crippen LogP contribution in [-0.4, -0.2) is 43.4 Å². The molecule has 4 N–H and O–H groups in total. The number of hydrogen-bond acceptors (Lipinski definition) is 5. The zero-order valence-electron chi connectivity index (χ0n) is 11.6. The topological polar surface area (TPSA) is 125 Å². The molecule has 10 heteroatoms. The highest BCUT2D eigenvalue weighted by Gasteiger charge is 2.32. The van der Waals surface area contributed by atoms with Crippen LogP contribution in [0.1, 0.15) is 18.5 Å². The van der Waals surface area contributed by atoms with E-state index in [-0.39, 0.29) is 15.0 Å². The van der Waals surface area contributed by atoms with Crippen molar-refractivity contribution in [2.75, 3.05) is 19.6 Å². The van der Waals surface area contributed by atoms with Crippen LogP contribution in [-0.2, 0) is 10.0 Å². The van der Waals surface area contributed by atoms with E-state index in [1.54, 1.807) is 6.92 Å². The van der Waals surface area contributed by atoms with Gasteiger partial charge >= 0.3 is 10.9 Å². The normalized spacial score (nSPS) is 20.3. The molecule has 0 aromatic carbocycles. The van der Waals surface area contributed by atoms with E-state index in [9.17, 15) is 18.0 Å². The number of thiazole rings is 1. The lowest BCUT2D eigenvalue weighted by Gasteiger charge is -2.31. The molecule has 0 radical (unpaired) electrons. The first kappa shape index (κ1) is 16.0. The van der Waals surface area contributed by atoms with Crippen molar-refractivity contribution >= 4 is 27.4 Å². The van der Waals surface area contributed by atoms with Crippen molar-refractivity contribution < 1.29 is 13.2 Å². The smallest absolute Gasteiger partial charge is 0.312 e. The number of aryl methyl sites for hydroxylation is 1. The molecule has 2 heterocycles. The van der Waals surface area contributed by atoms with Gasteiger partial charge in [0.05, 0.1) is 0 Å². The van der Waals surface area contributed by atoms with Gasteiger partial charge in [0.1, 0.15) is 0 Å². The minimum atomic E-state index is -3.67. The van der Waals surface area contributed by atoms with Gasteiger partial charge in [-0.15, -0.1) is 0 Å². The summed E-state index contributed by atoms with van der Waals surface area (Å²) in [4.78, 5) is 24.1. The van der Waals surface area contributed by atoms with Gasteiger partial charge in [-0.2, -0.15) is 4.31 Å². The second-order valence-corrected chi connectivity index (χ2v) is 8.16. The summed E-state index contributed by atoms with van der Waals surface area (Å²) in [5, 5.41) is 2.51. The fourth-order valence-electron chi connectivity index (χ4n) is 2.41. The molecule has 1 unspecified atom stereocenters. The number of amides is 2. The summed E-state index contributed by atoms with van der Waals surface area (Å²) in [5.41, 5.74) is 5.39. The molecule has 118 valence electrons. The van der Waals surface area contributed by atoms with Crippen LogP contribution in [0.25, 0.3) is 0 Å². The van der Waals surface area contributed by atoms with Crippen LogP contribution >= 0.6 is 11.3 Å². The Morgan fingerprint density at radius 3 is 2.86 bits per heavy atom. The molecule has 0 aliphatic carbocycles.